The molecule has 0 saturated heterocycles. The number of nitrogens with one attached hydrogen (secondary N) is 2. The maximum Gasteiger partial charge on any atom is 0.229 e. The standard InChI is InChI=1S/C20H22N4O/c1-14-8-9-17(15(2)12-14)23-20-21-11-10-19(24-20)22-13-16-6-4-5-7-18(16)25-3/h4-12H,13H2,1-3H3,(H2,21,22,23,24). The molecule has 0 aliphatic heterocycles. The summed E-state index contributed by atoms with van der Waals surface area (Å²) in [4.78, 5) is 8.83. The number of para-hydroxylation sites is 1. The van der Waals surface area contributed by atoms with Crippen LogP contribution in [0.15, 0.2) is 54.7 Å². The summed E-state index contributed by atoms with van der Waals surface area (Å²) in [6.45, 7) is 4.78. The number of anilines is 3. The van der Waals surface area contributed by atoms with E-state index in [1.807, 2.05) is 36.4 Å². The predicted octanol–water partition coefficient (Wildman–Crippen LogP) is 4.46. The third-order valence-corrected chi connectivity index (χ3v) is 3.94. The Bertz CT molecular complexity index is 864. The van der Waals surface area contributed by atoms with Gasteiger partial charge in [0.05, 0.1) is 7.11 Å². The quantitative estimate of drug-likeness (QED) is 0.697. The zero-order valence-corrected chi connectivity index (χ0v) is 14.7. The van der Waals surface area contributed by atoms with Gasteiger partial charge in [0.15, 0.2) is 0 Å². The highest BCUT2D eigenvalue weighted by atomic mass is 16.5. The van der Waals surface area contributed by atoms with E-state index in [0.717, 1.165) is 28.4 Å². The van der Waals surface area contributed by atoms with E-state index in [0.29, 0.717) is 12.5 Å². The number of benzene rings is 2. The maximum atomic E-state index is 5.37. The van der Waals surface area contributed by atoms with E-state index in [4.69, 9.17) is 4.74 Å². The third-order valence-electron chi connectivity index (χ3n) is 3.94. The summed E-state index contributed by atoms with van der Waals surface area (Å²) in [7, 11) is 1.68. The molecule has 2 N–H and O–H groups in total. The largest absolute Gasteiger partial charge is 0.496 e. The minimum Gasteiger partial charge on any atom is -0.496 e. The van der Waals surface area contributed by atoms with Gasteiger partial charge in [-0.1, -0.05) is 35.9 Å². The van der Waals surface area contributed by atoms with Crippen molar-refractivity contribution in [1.82, 2.24) is 9.97 Å². The molecule has 128 valence electrons. The molecule has 0 atom stereocenters. The average molecular weight is 334 g/mol. The van der Waals surface area contributed by atoms with Crippen LogP contribution in [0.1, 0.15) is 16.7 Å². The average Bonchev–Trinajstić information content (AvgIpc) is 2.63. The van der Waals surface area contributed by atoms with Gasteiger partial charge in [-0.05, 0) is 37.6 Å². The molecule has 5 nitrogen and oxygen atoms in total. The van der Waals surface area contributed by atoms with Gasteiger partial charge in [-0.25, -0.2) is 4.98 Å². The number of hydrogen-bond donors (Lipinski definition) is 2. The fraction of sp³-hybridized carbons (Fsp3) is 0.200. The van der Waals surface area contributed by atoms with Crippen LogP contribution in [-0.2, 0) is 6.54 Å². The molecule has 5 heteroatoms. The maximum absolute atomic E-state index is 5.37. The Kier molecular flexibility index (Phi) is 5.14. The van der Waals surface area contributed by atoms with Crippen LogP contribution < -0.4 is 15.4 Å². The second-order valence-electron chi connectivity index (χ2n) is 5.87. The first-order chi connectivity index (χ1) is 12.2. The van der Waals surface area contributed by atoms with E-state index in [1.54, 1.807) is 13.3 Å². The minimum atomic E-state index is 0.567. The molecule has 0 saturated carbocycles. The van der Waals surface area contributed by atoms with Crippen molar-refractivity contribution >= 4 is 17.5 Å². The van der Waals surface area contributed by atoms with Gasteiger partial charge in [0.2, 0.25) is 5.95 Å². The summed E-state index contributed by atoms with van der Waals surface area (Å²) in [5.41, 5.74) is 4.48. The highest BCUT2D eigenvalue weighted by molar-refractivity contribution is 5.59. The van der Waals surface area contributed by atoms with E-state index in [2.05, 4.69) is 46.6 Å². The molecule has 1 heterocycles. The van der Waals surface area contributed by atoms with Crippen molar-refractivity contribution in [2.75, 3.05) is 17.7 Å². The second kappa shape index (κ2) is 7.66. The Morgan fingerprint density at radius 2 is 1.88 bits per heavy atom. The van der Waals surface area contributed by atoms with Crippen LogP contribution in [0, 0.1) is 13.8 Å². The van der Waals surface area contributed by atoms with Crippen LogP contribution in [0.4, 0.5) is 17.5 Å². The zero-order valence-electron chi connectivity index (χ0n) is 14.7. The molecule has 3 rings (SSSR count). The van der Waals surface area contributed by atoms with E-state index in [1.165, 1.54) is 5.56 Å². The number of nitrogens with zero attached hydrogens (tertiary/aromatic N) is 2. The number of hydrogen-bond acceptors (Lipinski definition) is 5. The Balaban J connectivity index is 1.71. The van der Waals surface area contributed by atoms with E-state index in [-0.39, 0.29) is 0 Å². The Morgan fingerprint density at radius 1 is 1.04 bits per heavy atom. The summed E-state index contributed by atoms with van der Waals surface area (Å²) in [6.07, 6.45) is 1.74. The highest BCUT2D eigenvalue weighted by Crippen LogP contribution is 2.21. The van der Waals surface area contributed by atoms with E-state index >= 15 is 0 Å². The first kappa shape index (κ1) is 16.8. The Morgan fingerprint density at radius 3 is 2.68 bits per heavy atom. The van der Waals surface area contributed by atoms with Crippen molar-refractivity contribution in [1.29, 1.82) is 0 Å². The summed E-state index contributed by atoms with van der Waals surface area (Å²) >= 11 is 0. The van der Waals surface area contributed by atoms with Crippen molar-refractivity contribution in [3.05, 3.63) is 71.4 Å². The van der Waals surface area contributed by atoms with Gasteiger partial charge >= 0.3 is 0 Å². The summed E-state index contributed by atoms with van der Waals surface area (Å²) < 4.78 is 5.37. The second-order valence-corrected chi connectivity index (χ2v) is 5.87. The SMILES string of the molecule is COc1ccccc1CNc1ccnc(Nc2ccc(C)cc2C)n1. The molecule has 1 aromatic heterocycles. The third kappa shape index (κ3) is 4.26. The van der Waals surface area contributed by atoms with Gasteiger partial charge in [0.25, 0.3) is 0 Å². The lowest BCUT2D eigenvalue weighted by molar-refractivity contribution is 0.410. The zero-order chi connectivity index (χ0) is 17.6. The molecule has 0 spiro atoms. The molecular weight excluding hydrogens is 312 g/mol. The Hall–Kier alpha value is -3.08. The first-order valence-corrected chi connectivity index (χ1v) is 8.19. The van der Waals surface area contributed by atoms with Gasteiger partial charge in [-0.2, -0.15) is 4.98 Å². The predicted molar refractivity (Wildman–Crippen MR) is 102 cm³/mol. The van der Waals surface area contributed by atoms with Crippen LogP contribution in [0.2, 0.25) is 0 Å². The molecule has 0 radical (unpaired) electrons. The number of methoxy groups -OCH3 is 1. The monoisotopic (exact) mass is 334 g/mol. The van der Waals surface area contributed by atoms with Gasteiger partial charge in [-0.15, -0.1) is 0 Å². The molecule has 25 heavy (non-hydrogen) atoms. The number of ether oxygens (including phenoxy) is 1. The molecule has 0 aliphatic rings. The van der Waals surface area contributed by atoms with Crippen LogP contribution in [0.5, 0.6) is 5.75 Å². The van der Waals surface area contributed by atoms with E-state index in [9.17, 15) is 0 Å². The van der Waals surface area contributed by atoms with Crippen molar-refractivity contribution in [2.45, 2.75) is 20.4 Å². The lowest BCUT2D eigenvalue weighted by Gasteiger charge is -2.12. The van der Waals surface area contributed by atoms with Gasteiger partial charge in [0.1, 0.15) is 11.6 Å². The molecule has 0 fully saturated rings. The topological polar surface area (TPSA) is 59.1 Å². The molecule has 2 aromatic carbocycles. The van der Waals surface area contributed by atoms with Crippen LogP contribution in [0.3, 0.4) is 0 Å². The minimum absolute atomic E-state index is 0.567. The van der Waals surface area contributed by atoms with Crippen molar-refractivity contribution in [3.63, 3.8) is 0 Å². The van der Waals surface area contributed by atoms with Gasteiger partial charge in [0, 0.05) is 24.0 Å². The molecule has 3 aromatic rings. The summed E-state index contributed by atoms with van der Waals surface area (Å²) in [5.74, 6) is 2.18. The summed E-state index contributed by atoms with van der Waals surface area (Å²) in [5, 5.41) is 6.59. The molecule has 0 aliphatic carbocycles. The molecule has 0 bridgehead atoms. The van der Waals surface area contributed by atoms with Gasteiger partial charge in [-0.3, -0.25) is 0 Å². The lowest BCUT2D eigenvalue weighted by Crippen LogP contribution is -2.05. The Labute approximate surface area is 148 Å². The number of rotatable bonds is 6. The number of aryl methyl sites for hydroxylation is 2. The lowest BCUT2D eigenvalue weighted by atomic mass is 10.1. The van der Waals surface area contributed by atoms with Crippen molar-refractivity contribution in [2.24, 2.45) is 0 Å². The summed E-state index contributed by atoms with van der Waals surface area (Å²) in [6, 6.07) is 16.0. The van der Waals surface area contributed by atoms with Crippen molar-refractivity contribution in [3.8, 4) is 5.75 Å². The molecular formula is C20H22N4O. The normalized spacial score (nSPS) is 10.4. The van der Waals surface area contributed by atoms with Crippen LogP contribution in [-0.4, -0.2) is 17.1 Å². The van der Waals surface area contributed by atoms with Crippen LogP contribution in [0.25, 0.3) is 0 Å². The van der Waals surface area contributed by atoms with Gasteiger partial charge < -0.3 is 15.4 Å². The highest BCUT2D eigenvalue weighted by Gasteiger charge is 2.05. The van der Waals surface area contributed by atoms with Crippen molar-refractivity contribution < 1.29 is 4.74 Å². The molecule has 0 amide bonds. The fourth-order valence-corrected chi connectivity index (χ4v) is 2.63. The number of aromatic nitrogens is 2. The van der Waals surface area contributed by atoms with Crippen LogP contribution >= 0.6 is 0 Å². The fourth-order valence-electron chi connectivity index (χ4n) is 2.63. The van der Waals surface area contributed by atoms with E-state index < -0.39 is 0 Å². The first-order valence-electron chi connectivity index (χ1n) is 8.19. The molecule has 0 unspecified atom stereocenters. The smallest absolute Gasteiger partial charge is 0.229 e.